The largest absolute Gasteiger partial charge is 0.392 e. The molecule has 2 fully saturated rings. The number of aliphatic hydroxyl groups is 1. The molecule has 5 heteroatoms. The van der Waals surface area contributed by atoms with Gasteiger partial charge in [-0.15, -0.1) is 0 Å². The van der Waals surface area contributed by atoms with Gasteiger partial charge >= 0.3 is 0 Å². The number of hydrogen-bond donors (Lipinski definition) is 1. The molecule has 0 radical (unpaired) electrons. The van der Waals surface area contributed by atoms with E-state index in [0.29, 0.717) is 13.2 Å². The van der Waals surface area contributed by atoms with E-state index in [1.165, 1.54) is 11.1 Å². The van der Waals surface area contributed by atoms with Gasteiger partial charge in [-0.2, -0.15) is 0 Å². The minimum Gasteiger partial charge on any atom is -0.392 e. The Labute approximate surface area is 175 Å². The van der Waals surface area contributed by atoms with E-state index in [9.17, 15) is 0 Å². The zero-order chi connectivity index (χ0) is 20.9. The fourth-order valence-corrected chi connectivity index (χ4v) is 4.16. The highest BCUT2D eigenvalue weighted by Crippen LogP contribution is 2.40. The lowest BCUT2D eigenvalue weighted by Gasteiger charge is -2.45. The van der Waals surface area contributed by atoms with Crippen molar-refractivity contribution in [2.75, 3.05) is 13.2 Å². The molecule has 4 atom stereocenters. The normalized spacial score (nSPS) is 32.4. The topological polar surface area (TPSA) is 57.2 Å². The van der Waals surface area contributed by atoms with Crippen LogP contribution in [0.25, 0.3) is 0 Å². The van der Waals surface area contributed by atoms with Crippen molar-refractivity contribution in [1.29, 1.82) is 0 Å². The van der Waals surface area contributed by atoms with Gasteiger partial charge in [-0.1, -0.05) is 42.0 Å². The molecular formula is C24H36O5. The summed E-state index contributed by atoms with van der Waals surface area (Å²) in [6, 6.07) is 10.3. The van der Waals surface area contributed by atoms with Crippen molar-refractivity contribution in [1.82, 2.24) is 0 Å². The van der Waals surface area contributed by atoms with E-state index < -0.39 is 5.79 Å². The van der Waals surface area contributed by atoms with Crippen molar-refractivity contribution in [3.05, 3.63) is 47.5 Å². The molecule has 5 nitrogen and oxygen atoms in total. The number of hydrogen-bond acceptors (Lipinski definition) is 5. The van der Waals surface area contributed by atoms with E-state index in [2.05, 4.69) is 26.0 Å². The molecule has 3 rings (SSSR count). The van der Waals surface area contributed by atoms with Gasteiger partial charge < -0.3 is 24.1 Å². The average molecular weight is 405 g/mol. The predicted octanol–water partition coefficient (Wildman–Crippen LogP) is 4.38. The lowest BCUT2D eigenvalue weighted by molar-refractivity contribution is -0.235. The van der Waals surface area contributed by atoms with E-state index >= 15 is 0 Å². The van der Waals surface area contributed by atoms with E-state index in [-0.39, 0.29) is 30.5 Å². The Bertz CT molecular complexity index is 671. The summed E-state index contributed by atoms with van der Waals surface area (Å²) in [7, 11) is 0. The molecule has 2 aliphatic rings. The molecule has 0 spiro atoms. The van der Waals surface area contributed by atoms with Crippen LogP contribution in [0.1, 0.15) is 58.9 Å². The average Bonchev–Trinajstić information content (AvgIpc) is 3.07. The van der Waals surface area contributed by atoms with Crippen LogP contribution < -0.4 is 0 Å². The van der Waals surface area contributed by atoms with E-state index in [1.807, 2.05) is 38.1 Å². The minimum atomic E-state index is -0.562. The monoisotopic (exact) mass is 404 g/mol. The van der Waals surface area contributed by atoms with Crippen LogP contribution in [0.4, 0.5) is 0 Å². The molecule has 0 unspecified atom stereocenters. The van der Waals surface area contributed by atoms with Gasteiger partial charge in [0.15, 0.2) is 5.79 Å². The highest BCUT2D eigenvalue weighted by Gasteiger charge is 2.49. The Kier molecular flexibility index (Phi) is 7.52. The van der Waals surface area contributed by atoms with Crippen molar-refractivity contribution in [2.45, 2.75) is 89.7 Å². The third-order valence-corrected chi connectivity index (χ3v) is 6.02. The fraction of sp³-hybridized carbons (Fsp3) is 0.667. The summed E-state index contributed by atoms with van der Waals surface area (Å²) in [4.78, 5) is 0. The molecule has 1 aromatic carbocycles. The Balaban J connectivity index is 1.66. The second-order valence-corrected chi connectivity index (χ2v) is 8.93. The number of benzene rings is 1. The standard InChI is InChI=1S/C24H36O5/c1-18(13-15-25)10-11-21-20(26-16-19-8-6-5-7-9-19)12-14-24(4,28-21)22-17-27-23(2,3)29-22/h5-9,13,20-22,25H,10-12,14-17H2,1-4H3/b18-13+/t20-,21+,22+,24-/m0/s1. The zero-order valence-electron chi connectivity index (χ0n) is 18.2. The van der Waals surface area contributed by atoms with Crippen molar-refractivity contribution in [3.63, 3.8) is 0 Å². The highest BCUT2D eigenvalue weighted by atomic mass is 16.8. The Morgan fingerprint density at radius 1 is 1.21 bits per heavy atom. The molecule has 1 N–H and O–H groups in total. The predicted molar refractivity (Wildman–Crippen MR) is 113 cm³/mol. The molecule has 0 saturated carbocycles. The summed E-state index contributed by atoms with van der Waals surface area (Å²) in [6.07, 6.45) is 5.33. The van der Waals surface area contributed by atoms with Crippen LogP contribution in [0.2, 0.25) is 0 Å². The summed E-state index contributed by atoms with van der Waals surface area (Å²) in [6.45, 7) is 9.30. The third-order valence-electron chi connectivity index (χ3n) is 6.02. The van der Waals surface area contributed by atoms with Crippen LogP contribution in [-0.2, 0) is 25.6 Å². The van der Waals surface area contributed by atoms with Gasteiger partial charge in [0.25, 0.3) is 0 Å². The van der Waals surface area contributed by atoms with Crippen LogP contribution >= 0.6 is 0 Å². The SMILES string of the molecule is C/C(=C\CO)CC[C@H]1O[C@](C)([C@H]2COC(C)(C)O2)CC[C@@H]1OCc1ccccc1. The number of aliphatic hydroxyl groups excluding tert-OH is 1. The fourth-order valence-electron chi connectivity index (χ4n) is 4.16. The van der Waals surface area contributed by atoms with Crippen LogP contribution in [0.3, 0.4) is 0 Å². The van der Waals surface area contributed by atoms with E-state index in [1.54, 1.807) is 0 Å². The van der Waals surface area contributed by atoms with E-state index in [0.717, 1.165) is 25.7 Å². The molecule has 0 aromatic heterocycles. The molecule has 0 aliphatic carbocycles. The maximum absolute atomic E-state index is 9.15. The molecular weight excluding hydrogens is 368 g/mol. The maximum Gasteiger partial charge on any atom is 0.163 e. The molecule has 162 valence electrons. The summed E-state index contributed by atoms with van der Waals surface area (Å²) in [5, 5.41) is 9.15. The smallest absolute Gasteiger partial charge is 0.163 e. The lowest BCUT2D eigenvalue weighted by Crippen LogP contribution is -2.53. The molecule has 2 saturated heterocycles. The Morgan fingerprint density at radius 3 is 2.62 bits per heavy atom. The van der Waals surface area contributed by atoms with Crippen molar-refractivity contribution >= 4 is 0 Å². The molecule has 0 amide bonds. The zero-order valence-corrected chi connectivity index (χ0v) is 18.2. The van der Waals surface area contributed by atoms with Crippen molar-refractivity contribution in [3.8, 4) is 0 Å². The maximum atomic E-state index is 9.15. The van der Waals surface area contributed by atoms with Crippen molar-refractivity contribution in [2.24, 2.45) is 0 Å². The van der Waals surface area contributed by atoms with Crippen LogP contribution in [0.5, 0.6) is 0 Å². The van der Waals surface area contributed by atoms with Gasteiger partial charge in [0.1, 0.15) is 6.10 Å². The van der Waals surface area contributed by atoms with Crippen LogP contribution in [0, 0.1) is 0 Å². The van der Waals surface area contributed by atoms with Crippen LogP contribution in [0.15, 0.2) is 42.0 Å². The van der Waals surface area contributed by atoms with Gasteiger partial charge in [-0.25, -0.2) is 0 Å². The van der Waals surface area contributed by atoms with Gasteiger partial charge in [-0.3, -0.25) is 0 Å². The quantitative estimate of drug-likeness (QED) is 0.652. The first-order valence-corrected chi connectivity index (χ1v) is 10.7. The number of ether oxygens (including phenoxy) is 4. The highest BCUT2D eigenvalue weighted by molar-refractivity contribution is 5.13. The minimum absolute atomic E-state index is 0.0215. The lowest BCUT2D eigenvalue weighted by atomic mass is 9.85. The van der Waals surface area contributed by atoms with E-state index in [4.69, 9.17) is 24.1 Å². The summed E-state index contributed by atoms with van der Waals surface area (Å²) >= 11 is 0. The first-order chi connectivity index (χ1) is 13.8. The second-order valence-electron chi connectivity index (χ2n) is 8.93. The first-order valence-electron chi connectivity index (χ1n) is 10.7. The van der Waals surface area contributed by atoms with Crippen molar-refractivity contribution < 1.29 is 24.1 Å². The summed E-state index contributed by atoms with van der Waals surface area (Å²) in [5.74, 6) is -0.562. The molecule has 1 aromatic rings. The molecule has 29 heavy (non-hydrogen) atoms. The van der Waals surface area contributed by atoms with Crippen LogP contribution in [-0.4, -0.2) is 48.0 Å². The van der Waals surface area contributed by atoms with Gasteiger partial charge in [0.2, 0.25) is 0 Å². The Hall–Kier alpha value is -1.24. The third kappa shape index (κ3) is 6.12. The number of allylic oxidation sites excluding steroid dienone is 1. The van der Waals surface area contributed by atoms with Gasteiger partial charge in [0, 0.05) is 0 Å². The first kappa shape index (κ1) is 22.4. The summed E-state index contributed by atoms with van der Waals surface area (Å²) < 4.78 is 24.9. The Morgan fingerprint density at radius 2 is 1.97 bits per heavy atom. The van der Waals surface area contributed by atoms with Gasteiger partial charge in [-0.05, 0) is 58.9 Å². The summed E-state index contributed by atoms with van der Waals surface area (Å²) in [5.41, 5.74) is 1.96. The molecule has 2 aliphatic heterocycles. The second kappa shape index (κ2) is 9.71. The number of rotatable bonds is 8. The molecule has 2 heterocycles. The molecule has 0 bridgehead atoms. The van der Waals surface area contributed by atoms with Gasteiger partial charge in [0.05, 0.1) is 37.6 Å².